The fraction of sp³-hybridized carbons (Fsp3) is 0.696. The van der Waals surface area contributed by atoms with Crippen LogP contribution in [0.5, 0.6) is 5.75 Å². The van der Waals surface area contributed by atoms with E-state index in [1.807, 2.05) is 0 Å². The van der Waals surface area contributed by atoms with E-state index >= 15 is 0 Å². The van der Waals surface area contributed by atoms with Crippen molar-refractivity contribution in [2.24, 2.45) is 0 Å². The molecule has 1 aromatic rings. The smallest absolute Gasteiger partial charge is 0.336 e. The summed E-state index contributed by atoms with van der Waals surface area (Å²) in [6.07, 6.45) is 15.8. The molecule has 1 aliphatic heterocycles. The molecule has 0 saturated carbocycles. The highest BCUT2D eigenvalue weighted by molar-refractivity contribution is 5.90. The Bertz CT molecular complexity index is 566. The second-order valence-electron chi connectivity index (χ2n) is 7.87. The second kappa shape index (κ2) is 12.0. The summed E-state index contributed by atoms with van der Waals surface area (Å²) >= 11 is 0. The van der Waals surface area contributed by atoms with E-state index < -0.39 is 5.97 Å². The van der Waals surface area contributed by atoms with Crippen LogP contribution in [0.15, 0.2) is 12.1 Å². The number of benzene rings is 1. The second-order valence-corrected chi connectivity index (χ2v) is 7.87. The molecule has 2 rings (SSSR count). The molecule has 0 spiro atoms. The summed E-state index contributed by atoms with van der Waals surface area (Å²) in [6.45, 7) is 2.36. The molecule has 4 nitrogen and oxygen atoms in total. The molecule has 0 bridgehead atoms. The van der Waals surface area contributed by atoms with Crippen LogP contribution in [0.4, 0.5) is 0 Å². The lowest BCUT2D eigenvalue weighted by atomic mass is 9.96. The third-order valence-electron chi connectivity index (χ3n) is 5.72. The monoisotopic (exact) mass is 376 g/mol. The van der Waals surface area contributed by atoms with E-state index in [-0.39, 0.29) is 17.4 Å². The number of carbonyl (C=O) groups is 1. The number of carboxylic acids is 1. The molecule has 0 aromatic heterocycles. The lowest BCUT2D eigenvalue weighted by Gasteiger charge is -2.21. The summed E-state index contributed by atoms with van der Waals surface area (Å²) in [5, 5.41) is 19.8. The minimum atomic E-state index is -1.01. The van der Waals surface area contributed by atoms with Gasteiger partial charge in [0.2, 0.25) is 0 Å². The molecule has 27 heavy (non-hydrogen) atoms. The van der Waals surface area contributed by atoms with Crippen molar-refractivity contribution in [1.82, 2.24) is 0 Å². The summed E-state index contributed by atoms with van der Waals surface area (Å²) in [7, 11) is 0. The fourth-order valence-corrected chi connectivity index (χ4v) is 3.97. The van der Waals surface area contributed by atoms with Gasteiger partial charge in [-0.2, -0.15) is 0 Å². The van der Waals surface area contributed by atoms with Crippen molar-refractivity contribution < 1.29 is 19.7 Å². The summed E-state index contributed by atoms with van der Waals surface area (Å²) in [5.41, 5.74) is 1.32. The van der Waals surface area contributed by atoms with Gasteiger partial charge in [0.1, 0.15) is 5.75 Å². The van der Waals surface area contributed by atoms with Gasteiger partial charge in [-0.3, -0.25) is 0 Å². The third kappa shape index (κ3) is 7.17. The summed E-state index contributed by atoms with van der Waals surface area (Å²) in [6, 6.07) is 3.32. The fourth-order valence-electron chi connectivity index (χ4n) is 3.97. The van der Waals surface area contributed by atoms with Crippen LogP contribution in [0.2, 0.25) is 0 Å². The molecular formula is C23H36O4. The van der Waals surface area contributed by atoms with Gasteiger partial charge in [0.15, 0.2) is 0 Å². The summed E-state index contributed by atoms with van der Waals surface area (Å²) < 4.78 is 6.16. The zero-order chi connectivity index (χ0) is 19.5. The van der Waals surface area contributed by atoms with Gasteiger partial charge in [-0.05, 0) is 25.8 Å². The third-order valence-corrected chi connectivity index (χ3v) is 5.72. The molecule has 1 aliphatic rings. The van der Waals surface area contributed by atoms with E-state index in [2.05, 4.69) is 0 Å². The van der Waals surface area contributed by atoms with Crippen molar-refractivity contribution in [3.05, 3.63) is 28.8 Å². The minimum Gasteiger partial charge on any atom is -0.507 e. The van der Waals surface area contributed by atoms with E-state index in [1.54, 1.807) is 19.1 Å². The number of aromatic hydroxyl groups is 1. The first-order valence-corrected chi connectivity index (χ1v) is 10.8. The number of phenolic OH excluding ortho intramolecular Hbond substituents is 1. The first-order chi connectivity index (χ1) is 13.1. The predicted octanol–water partition coefficient (Wildman–Crippen LogP) is 6.54. The van der Waals surface area contributed by atoms with E-state index in [0.717, 1.165) is 24.8 Å². The van der Waals surface area contributed by atoms with Crippen LogP contribution in [0.25, 0.3) is 0 Å². The lowest BCUT2D eigenvalue weighted by Crippen LogP contribution is -2.09. The Hall–Kier alpha value is -1.55. The van der Waals surface area contributed by atoms with Gasteiger partial charge in [0.05, 0.1) is 11.7 Å². The van der Waals surface area contributed by atoms with Gasteiger partial charge in [0.25, 0.3) is 0 Å². The van der Waals surface area contributed by atoms with Crippen molar-refractivity contribution in [2.75, 3.05) is 6.61 Å². The molecule has 1 unspecified atom stereocenters. The van der Waals surface area contributed by atoms with Gasteiger partial charge >= 0.3 is 5.97 Å². The highest BCUT2D eigenvalue weighted by atomic mass is 16.5. The van der Waals surface area contributed by atoms with Crippen molar-refractivity contribution in [2.45, 2.75) is 96.5 Å². The van der Waals surface area contributed by atoms with E-state index in [4.69, 9.17) is 4.74 Å². The zero-order valence-corrected chi connectivity index (χ0v) is 16.8. The Morgan fingerprint density at radius 2 is 1.41 bits per heavy atom. The Morgan fingerprint density at radius 1 is 0.889 bits per heavy atom. The number of ether oxygens (including phenoxy) is 1. The van der Waals surface area contributed by atoms with Gasteiger partial charge in [-0.15, -0.1) is 0 Å². The topological polar surface area (TPSA) is 66.8 Å². The molecular weight excluding hydrogens is 340 g/mol. The number of hydrogen-bond donors (Lipinski definition) is 2. The van der Waals surface area contributed by atoms with Crippen molar-refractivity contribution in [1.29, 1.82) is 0 Å². The number of aromatic carboxylic acids is 1. The van der Waals surface area contributed by atoms with Gasteiger partial charge in [-0.25, -0.2) is 4.79 Å². The van der Waals surface area contributed by atoms with Gasteiger partial charge in [0, 0.05) is 17.7 Å². The summed E-state index contributed by atoms with van der Waals surface area (Å²) in [5.74, 6) is -0.928. The number of carboxylic acid groups (broad SMARTS) is 1. The van der Waals surface area contributed by atoms with Crippen LogP contribution < -0.4 is 0 Å². The van der Waals surface area contributed by atoms with E-state index in [0.29, 0.717) is 12.2 Å². The van der Waals surface area contributed by atoms with Crippen LogP contribution in [0.3, 0.4) is 0 Å². The standard InChI is InChI=1S/C23H36O4/c1-18-19(23(25)26)15-16-20(22(18)24)21-14-12-10-8-6-4-2-3-5-7-9-11-13-17-27-21/h15-16,21,24H,2-14,17H2,1H3,(H,25,26). The molecule has 0 radical (unpaired) electrons. The largest absolute Gasteiger partial charge is 0.507 e. The average molecular weight is 377 g/mol. The predicted molar refractivity (Wildman–Crippen MR) is 109 cm³/mol. The van der Waals surface area contributed by atoms with Crippen molar-refractivity contribution in [3.8, 4) is 5.75 Å². The SMILES string of the molecule is Cc1c(C(=O)O)ccc(C2CCCCCCCCCCCCCCO2)c1O. The van der Waals surface area contributed by atoms with Crippen LogP contribution >= 0.6 is 0 Å². The van der Waals surface area contributed by atoms with Crippen LogP contribution in [0, 0.1) is 6.92 Å². The number of hydrogen-bond acceptors (Lipinski definition) is 3. The molecule has 152 valence electrons. The first kappa shape index (κ1) is 21.7. The molecule has 0 amide bonds. The molecule has 1 heterocycles. The molecule has 1 fully saturated rings. The first-order valence-electron chi connectivity index (χ1n) is 10.8. The molecule has 1 atom stereocenters. The molecule has 4 heteroatoms. The zero-order valence-electron chi connectivity index (χ0n) is 16.8. The van der Waals surface area contributed by atoms with Crippen LogP contribution in [-0.2, 0) is 4.74 Å². The summed E-state index contributed by atoms with van der Waals surface area (Å²) in [4.78, 5) is 11.3. The minimum absolute atomic E-state index is 0.0781. The molecule has 1 saturated heterocycles. The lowest BCUT2D eigenvalue weighted by molar-refractivity contribution is 0.0404. The Morgan fingerprint density at radius 3 is 1.96 bits per heavy atom. The van der Waals surface area contributed by atoms with Crippen molar-refractivity contribution in [3.63, 3.8) is 0 Å². The maximum absolute atomic E-state index is 11.3. The Kier molecular flexibility index (Phi) is 9.68. The molecule has 0 aliphatic carbocycles. The average Bonchev–Trinajstić information content (AvgIpc) is 2.64. The number of phenols is 1. The quantitative estimate of drug-likeness (QED) is 0.615. The molecule has 2 N–H and O–H groups in total. The highest BCUT2D eigenvalue weighted by Crippen LogP contribution is 2.35. The van der Waals surface area contributed by atoms with Gasteiger partial charge < -0.3 is 14.9 Å². The van der Waals surface area contributed by atoms with Crippen LogP contribution in [0.1, 0.15) is 111 Å². The van der Waals surface area contributed by atoms with E-state index in [9.17, 15) is 15.0 Å². The Labute approximate surface area is 163 Å². The van der Waals surface area contributed by atoms with Crippen molar-refractivity contribution >= 4 is 5.97 Å². The maximum atomic E-state index is 11.3. The Balaban J connectivity index is 2.04. The van der Waals surface area contributed by atoms with Gasteiger partial charge in [-0.1, -0.05) is 76.7 Å². The molecule has 1 aromatic carbocycles. The van der Waals surface area contributed by atoms with Crippen LogP contribution in [-0.4, -0.2) is 22.8 Å². The number of rotatable bonds is 2. The highest BCUT2D eigenvalue weighted by Gasteiger charge is 2.20. The normalized spacial score (nSPS) is 21.6. The van der Waals surface area contributed by atoms with E-state index in [1.165, 1.54) is 64.2 Å². The maximum Gasteiger partial charge on any atom is 0.336 e.